The fourth-order valence-corrected chi connectivity index (χ4v) is 3.63. The van der Waals surface area contributed by atoms with Crippen LogP contribution in [0.25, 0.3) is 22.0 Å². The third-order valence-corrected chi connectivity index (χ3v) is 5.07. The van der Waals surface area contributed by atoms with Gasteiger partial charge in [-0.15, -0.1) is 0 Å². The van der Waals surface area contributed by atoms with E-state index >= 15 is 0 Å². The van der Waals surface area contributed by atoms with E-state index in [2.05, 4.69) is 15.6 Å². The van der Waals surface area contributed by atoms with Gasteiger partial charge in [0.25, 0.3) is 0 Å². The van der Waals surface area contributed by atoms with E-state index in [1.807, 2.05) is 38.4 Å². The smallest absolute Gasteiger partial charge is 0.343 e. The number of nitrogens with zero attached hydrogens (tertiary/aromatic N) is 2. The van der Waals surface area contributed by atoms with E-state index < -0.39 is 5.97 Å². The van der Waals surface area contributed by atoms with Crippen molar-refractivity contribution in [1.29, 1.82) is 0 Å². The molecule has 0 unspecified atom stereocenters. The highest BCUT2D eigenvalue weighted by Gasteiger charge is 2.28. The maximum Gasteiger partial charge on any atom is 0.343 e. The number of fused-ring (bicyclic) bond motifs is 1. The number of carbonyl (C=O) groups is 1. The van der Waals surface area contributed by atoms with Gasteiger partial charge in [-0.2, -0.15) is 0 Å². The molecule has 0 amide bonds. The number of pyridine rings is 2. The lowest BCUT2D eigenvalue weighted by atomic mass is 9.97. The molecule has 3 aromatic rings. The largest absolute Gasteiger partial charge is 0.462 e. The van der Waals surface area contributed by atoms with Gasteiger partial charge < -0.3 is 9.30 Å². The summed E-state index contributed by atoms with van der Waals surface area (Å²) in [7, 11) is 0. The number of aromatic nitrogens is 2. The first kappa shape index (κ1) is 17.5. The van der Waals surface area contributed by atoms with Gasteiger partial charge in [-0.3, -0.25) is 9.78 Å². The van der Waals surface area contributed by atoms with Gasteiger partial charge in [0, 0.05) is 35.6 Å². The Hall–Kier alpha value is -2.95. The summed E-state index contributed by atoms with van der Waals surface area (Å²) in [6, 6.07) is 6.19. The molecule has 1 aliphatic rings. The Morgan fingerprint density at radius 1 is 1.26 bits per heavy atom. The zero-order chi connectivity index (χ0) is 19.1. The van der Waals surface area contributed by atoms with Crippen LogP contribution in [0, 0.1) is 13.8 Å². The Morgan fingerprint density at radius 3 is 2.70 bits per heavy atom. The van der Waals surface area contributed by atoms with Crippen molar-refractivity contribution in [3.05, 3.63) is 63.7 Å². The minimum Gasteiger partial charge on any atom is -0.462 e. The highest BCUT2D eigenvalue weighted by Crippen LogP contribution is 2.39. The van der Waals surface area contributed by atoms with Gasteiger partial charge in [0.1, 0.15) is 5.56 Å². The van der Waals surface area contributed by atoms with Crippen molar-refractivity contribution in [2.45, 2.75) is 39.7 Å². The Labute approximate surface area is 157 Å². The molecule has 0 atom stereocenters. The monoisotopic (exact) mass is 362 g/mol. The molecular formula is C22H22N2O3. The van der Waals surface area contributed by atoms with Gasteiger partial charge in [0.15, 0.2) is 0 Å². The number of hydrogen-bond donors (Lipinski definition) is 0. The Morgan fingerprint density at radius 2 is 2.04 bits per heavy atom. The van der Waals surface area contributed by atoms with Crippen LogP contribution in [-0.2, 0) is 4.74 Å². The zero-order valence-corrected chi connectivity index (χ0v) is 15.8. The Balaban J connectivity index is 2.00. The molecule has 1 saturated carbocycles. The van der Waals surface area contributed by atoms with Crippen LogP contribution in [0.1, 0.15) is 47.3 Å². The predicted octanol–water partition coefficient (Wildman–Crippen LogP) is 4.19. The maximum absolute atomic E-state index is 13.0. The van der Waals surface area contributed by atoms with E-state index in [4.69, 9.17) is 4.74 Å². The first-order chi connectivity index (χ1) is 13.0. The first-order valence-corrected chi connectivity index (χ1v) is 9.29. The van der Waals surface area contributed by atoms with Crippen LogP contribution in [0.5, 0.6) is 0 Å². The van der Waals surface area contributed by atoms with Gasteiger partial charge in [0.2, 0.25) is 5.43 Å². The molecule has 5 nitrogen and oxygen atoms in total. The molecule has 1 aliphatic carbocycles. The third-order valence-electron chi connectivity index (χ3n) is 5.07. The molecule has 0 aliphatic heterocycles. The number of carbonyl (C=O) groups excluding carboxylic acids is 1. The highest BCUT2D eigenvalue weighted by molar-refractivity contribution is 5.96. The molecule has 0 radical (unpaired) electrons. The van der Waals surface area contributed by atoms with Crippen LogP contribution in [0.15, 0.2) is 41.6 Å². The number of esters is 1. The summed E-state index contributed by atoms with van der Waals surface area (Å²) >= 11 is 0. The number of rotatable bonds is 4. The zero-order valence-electron chi connectivity index (χ0n) is 15.8. The summed E-state index contributed by atoms with van der Waals surface area (Å²) in [5.41, 5.74) is 4.94. The van der Waals surface area contributed by atoms with E-state index in [1.165, 1.54) is 0 Å². The number of benzene rings is 1. The average Bonchev–Trinajstić information content (AvgIpc) is 3.48. The molecule has 5 heteroatoms. The number of ether oxygens (including phenoxy) is 1. The molecule has 0 saturated heterocycles. The van der Waals surface area contributed by atoms with Crippen LogP contribution in [0.2, 0.25) is 0 Å². The van der Waals surface area contributed by atoms with Gasteiger partial charge in [0.05, 0.1) is 12.1 Å². The van der Waals surface area contributed by atoms with E-state index in [0.717, 1.165) is 40.6 Å². The van der Waals surface area contributed by atoms with Crippen LogP contribution >= 0.6 is 0 Å². The first-order valence-electron chi connectivity index (χ1n) is 9.29. The lowest BCUT2D eigenvalue weighted by Crippen LogP contribution is -2.21. The van der Waals surface area contributed by atoms with Crippen LogP contribution in [-0.4, -0.2) is 22.1 Å². The molecule has 0 bridgehead atoms. The lowest BCUT2D eigenvalue weighted by Gasteiger charge is -2.17. The van der Waals surface area contributed by atoms with Crippen molar-refractivity contribution in [1.82, 2.24) is 9.55 Å². The molecule has 27 heavy (non-hydrogen) atoms. The topological polar surface area (TPSA) is 61.2 Å². The van der Waals surface area contributed by atoms with Crippen molar-refractivity contribution >= 4 is 16.9 Å². The second kappa shape index (κ2) is 6.65. The standard InChI is InChI=1S/C22H22N2O3/c1-4-27-22(26)19-12-24(16-5-6-16)20-14(3)17(7-8-18(20)21(19)25)15-9-13(2)10-23-11-15/h7-12,16H,4-6H2,1-3H3. The molecule has 138 valence electrons. The van der Waals surface area contributed by atoms with Crippen molar-refractivity contribution in [3.8, 4) is 11.1 Å². The van der Waals surface area contributed by atoms with E-state index in [0.29, 0.717) is 11.4 Å². The predicted molar refractivity (Wildman–Crippen MR) is 105 cm³/mol. The van der Waals surface area contributed by atoms with E-state index in [1.54, 1.807) is 13.1 Å². The maximum atomic E-state index is 13.0. The second-order valence-corrected chi connectivity index (χ2v) is 7.12. The summed E-state index contributed by atoms with van der Waals surface area (Å²) in [5.74, 6) is -0.552. The van der Waals surface area contributed by atoms with E-state index in [-0.39, 0.29) is 17.6 Å². The quantitative estimate of drug-likeness (QED) is 0.653. The van der Waals surface area contributed by atoms with Gasteiger partial charge in [-0.25, -0.2) is 4.79 Å². The minimum absolute atomic E-state index is 0.112. The highest BCUT2D eigenvalue weighted by atomic mass is 16.5. The van der Waals surface area contributed by atoms with Crippen molar-refractivity contribution in [2.75, 3.05) is 6.61 Å². The summed E-state index contributed by atoms with van der Waals surface area (Å²) in [5, 5.41) is 0.564. The lowest BCUT2D eigenvalue weighted by molar-refractivity contribution is 0.0524. The Kier molecular flexibility index (Phi) is 4.30. The van der Waals surface area contributed by atoms with Crippen LogP contribution in [0.4, 0.5) is 0 Å². The minimum atomic E-state index is -0.552. The summed E-state index contributed by atoms with van der Waals surface area (Å²) in [6.45, 7) is 6.03. The molecule has 4 rings (SSSR count). The number of aryl methyl sites for hydroxylation is 2. The van der Waals surface area contributed by atoms with Gasteiger partial charge in [-0.05, 0) is 62.4 Å². The van der Waals surface area contributed by atoms with Crippen LogP contribution < -0.4 is 5.43 Å². The van der Waals surface area contributed by atoms with Crippen molar-refractivity contribution in [2.24, 2.45) is 0 Å². The molecule has 2 aromatic heterocycles. The summed E-state index contributed by atoms with van der Waals surface area (Å²) in [4.78, 5) is 29.5. The fourth-order valence-electron chi connectivity index (χ4n) is 3.63. The third kappa shape index (κ3) is 3.03. The molecule has 0 N–H and O–H groups in total. The molecule has 1 fully saturated rings. The van der Waals surface area contributed by atoms with Crippen molar-refractivity contribution in [3.63, 3.8) is 0 Å². The molecule has 1 aromatic carbocycles. The number of hydrogen-bond acceptors (Lipinski definition) is 4. The SMILES string of the molecule is CCOC(=O)c1cn(C2CC2)c2c(C)c(-c3cncc(C)c3)ccc2c1=O. The molecule has 2 heterocycles. The van der Waals surface area contributed by atoms with Crippen molar-refractivity contribution < 1.29 is 9.53 Å². The van der Waals surface area contributed by atoms with Crippen LogP contribution in [0.3, 0.4) is 0 Å². The summed E-state index contributed by atoms with van der Waals surface area (Å²) in [6.07, 6.45) is 7.46. The normalized spacial score (nSPS) is 13.7. The van der Waals surface area contributed by atoms with Gasteiger partial charge in [-0.1, -0.05) is 6.07 Å². The Bertz CT molecular complexity index is 1110. The van der Waals surface area contributed by atoms with Gasteiger partial charge >= 0.3 is 5.97 Å². The van der Waals surface area contributed by atoms with E-state index in [9.17, 15) is 9.59 Å². The fraction of sp³-hybridized carbons (Fsp3) is 0.318. The second-order valence-electron chi connectivity index (χ2n) is 7.12. The average molecular weight is 362 g/mol. The molecule has 0 spiro atoms. The molecular weight excluding hydrogens is 340 g/mol. The summed E-state index contributed by atoms with van der Waals surface area (Å²) < 4.78 is 7.18.